The summed E-state index contributed by atoms with van der Waals surface area (Å²) in [7, 11) is 0. The molecule has 3 nitrogen and oxygen atoms in total. The first-order chi connectivity index (χ1) is 9.33. The Morgan fingerprint density at radius 2 is 1.63 bits per heavy atom. The van der Waals surface area contributed by atoms with E-state index in [-0.39, 0.29) is 12.1 Å². The molecule has 0 atom stereocenters. The number of esters is 1. The molecule has 0 radical (unpaired) electrons. The Kier molecular flexibility index (Phi) is 3.72. The van der Waals surface area contributed by atoms with Gasteiger partial charge >= 0.3 is 5.97 Å². The minimum Gasteiger partial charge on any atom is -0.459 e. The zero-order valence-corrected chi connectivity index (χ0v) is 11.3. The molecule has 3 heteroatoms. The van der Waals surface area contributed by atoms with Crippen LogP contribution >= 0.6 is 0 Å². The normalized spacial score (nSPS) is 19.9. The fourth-order valence-corrected chi connectivity index (χ4v) is 3.01. The Balaban J connectivity index is 1.62. The first-order valence-corrected chi connectivity index (χ1v) is 7.39. The summed E-state index contributed by atoms with van der Waals surface area (Å²) in [6.45, 7) is 2.26. The summed E-state index contributed by atoms with van der Waals surface area (Å²) in [5.41, 5.74) is 1.89. The molecule has 1 aromatic rings. The highest BCUT2D eigenvalue weighted by atomic mass is 16.5. The minimum absolute atomic E-state index is 0.144. The van der Waals surface area contributed by atoms with Gasteiger partial charge in [-0.25, -0.2) is 4.79 Å². The second-order valence-corrected chi connectivity index (χ2v) is 5.55. The van der Waals surface area contributed by atoms with Crippen molar-refractivity contribution in [3.8, 4) is 0 Å². The van der Waals surface area contributed by atoms with Crippen LogP contribution in [0.1, 0.15) is 48.9 Å². The van der Waals surface area contributed by atoms with Crippen LogP contribution < -0.4 is 4.90 Å². The van der Waals surface area contributed by atoms with Gasteiger partial charge in [0.15, 0.2) is 0 Å². The van der Waals surface area contributed by atoms with Crippen molar-refractivity contribution >= 4 is 11.7 Å². The van der Waals surface area contributed by atoms with Crippen molar-refractivity contribution in [2.45, 2.75) is 44.6 Å². The van der Waals surface area contributed by atoms with Crippen LogP contribution in [0.5, 0.6) is 0 Å². The molecule has 1 aromatic carbocycles. The van der Waals surface area contributed by atoms with Gasteiger partial charge in [0.05, 0.1) is 5.56 Å². The highest BCUT2D eigenvalue weighted by molar-refractivity contribution is 5.90. The van der Waals surface area contributed by atoms with Gasteiger partial charge in [-0.05, 0) is 62.8 Å². The van der Waals surface area contributed by atoms with Gasteiger partial charge in [-0.1, -0.05) is 0 Å². The standard InChI is InChI=1S/C16H21NO2/c18-16(19-15-5-1-2-6-15)13-7-9-14(10-8-13)17-11-3-4-12-17/h7-10,15H,1-6,11-12H2. The van der Waals surface area contributed by atoms with Crippen molar-refractivity contribution in [1.29, 1.82) is 0 Å². The van der Waals surface area contributed by atoms with E-state index in [9.17, 15) is 4.79 Å². The monoisotopic (exact) mass is 259 g/mol. The van der Waals surface area contributed by atoms with Gasteiger partial charge in [0.2, 0.25) is 0 Å². The van der Waals surface area contributed by atoms with Crippen LogP contribution in [-0.2, 0) is 4.74 Å². The summed E-state index contributed by atoms with van der Waals surface area (Å²) < 4.78 is 5.51. The first-order valence-electron chi connectivity index (χ1n) is 7.39. The van der Waals surface area contributed by atoms with Crippen LogP contribution in [0, 0.1) is 0 Å². The number of rotatable bonds is 3. The maximum absolute atomic E-state index is 12.0. The van der Waals surface area contributed by atoms with Crippen LogP contribution in [0.15, 0.2) is 24.3 Å². The molecule has 0 spiro atoms. The molecule has 1 saturated heterocycles. The maximum Gasteiger partial charge on any atom is 0.338 e. The van der Waals surface area contributed by atoms with Gasteiger partial charge in [0, 0.05) is 18.8 Å². The lowest BCUT2D eigenvalue weighted by atomic mass is 10.2. The lowest BCUT2D eigenvalue weighted by molar-refractivity contribution is 0.0318. The molecule has 1 aliphatic carbocycles. The smallest absolute Gasteiger partial charge is 0.338 e. The van der Waals surface area contributed by atoms with Crippen molar-refractivity contribution in [2.75, 3.05) is 18.0 Å². The molecule has 0 bridgehead atoms. The highest BCUT2D eigenvalue weighted by Crippen LogP contribution is 2.24. The Bertz CT molecular complexity index is 429. The average Bonchev–Trinajstić information content (AvgIpc) is 3.12. The molecule has 2 fully saturated rings. The van der Waals surface area contributed by atoms with Crippen LogP contribution in [0.4, 0.5) is 5.69 Å². The third kappa shape index (κ3) is 2.91. The van der Waals surface area contributed by atoms with E-state index >= 15 is 0 Å². The number of carbonyl (C=O) groups is 1. The van der Waals surface area contributed by atoms with Crippen molar-refractivity contribution in [1.82, 2.24) is 0 Å². The Morgan fingerprint density at radius 3 is 2.26 bits per heavy atom. The van der Waals surface area contributed by atoms with E-state index in [1.807, 2.05) is 24.3 Å². The summed E-state index contributed by atoms with van der Waals surface area (Å²) >= 11 is 0. The van der Waals surface area contributed by atoms with E-state index in [1.165, 1.54) is 31.4 Å². The maximum atomic E-state index is 12.0. The molecule has 102 valence electrons. The molecule has 0 N–H and O–H groups in total. The van der Waals surface area contributed by atoms with Gasteiger partial charge in [-0.2, -0.15) is 0 Å². The van der Waals surface area contributed by atoms with Crippen molar-refractivity contribution in [3.05, 3.63) is 29.8 Å². The molecule has 0 amide bonds. The van der Waals surface area contributed by atoms with Crippen molar-refractivity contribution in [3.63, 3.8) is 0 Å². The van der Waals surface area contributed by atoms with Crippen LogP contribution in [0.25, 0.3) is 0 Å². The van der Waals surface area contributed by atoms with Gasteiger partial charge in [0.25, 0.3) is 0 Å². The number of nitrogens with zero attached hydrogens (tertiary/aromatic N) is 1. The van der Waals surface area contributed by atoms with E-state index < -0.39 is 0 Å². The predicted molar refractivity (Wildman–Crippen MR) is 75.6 cm³/mol. The van der Waals surface area contributed by atoms with Crippen molar-refractivity contribution < 1.29 is 9.53 Å². The quantitative estimate of drug-likeness (QED) is 0.779. The number of carbonyl (C=O) groups excluding carboxylic acids is 1. The lowest BCUT2D eigenvalue weighted by Gasteiger charge is -2.18. The summed E-state index contributed by atoms with van der Waals surface area (Å²) in [4.78, 5) is 14.4. The third-order valence-electron chi connectivity index (χ3n) is 4.15. The van der Waals surface area contributed by atoms with E-state index in [0.29, 0.717) is 5.56 Å². The molecule has 3 rings (SSSR count). The van der Waals surface area contributed by atoms with Gasteiger partial charge < -0.3 is 9.64 Å². The fourth-order valence-electron chi connectivity index (χ4n) is 3.01. The Morgan fingerprint density at radius 1 is 1.00 bits per heavy atom. The van der Waals surface area contributed by atoms with E-state index in [0.717, 1.165) is 25.9 Å². The Hall–Kier alpha value is -1.51. The van der Waals surface area contributed by atoms with Gasteiger partial charge in [-0.15, -0.1) is 0 Å². The molecule has 19 heavy (non-hydrogen) atoms. The second kappa shape index (κ2) is 5.64. The SMILES string of the molecule is O=C(OC1CCCC1)c1ccc(N2CCCC2)cc1. The molecule has 1 saturated carbocycles. The van der Waals surface area contributed by atoms with Crippen molar-refractivity contribution in [2.24, 2.45) is 0 Å². The topological polar surface area (TPSA) is 29.5 Å². The summed E-state index contributed by atoms with van der Waals surface area (Å²) in [5, 5.41) is 0. The second-order valence-electron chi connectivity index (χ2n) is 5.55. The van der Waals surface area contributed by atoms with E-state index in [4.69, 9.17) is 4.74 Å². The predicted octanol–water partition coefficient (Wildman–Crippen LogP) is 3.39. The van der Waals surface area contributed by atoms with Crippen LogP contribution in [0.2, 0.25) is 0 Å². The molecule has 1 heterocycles. The Labute approximate surface area is 114 Å². The largest absolute Gasteiger partial charge is 0.459 e. The molecule has 2 aliphatic rings. The zero-order chi connectivity index (χ0) is 13.1. The first kappa shape index (κ1) is 12.5. The summed E-state index contributed by atoms with van der Waals surface area (Å²) in [5.74, 6) is -0.167. The van der Waals surface area contributed by atoms with Crippen LogP contribution in [0.3, 0.4) is 0 Å². The molecular weight excluding hydrogens is 238 g/mol. The zero-order valence-electron chi connectivity index (χ0n) is 11.3. The van der Waals surface area contributed by atoms with E-state index in [2.05, 4.69) is 4.90 Å². The number of hydrogen-bond donors (Lipinski definition) is 0. The molecule has 0 unspecified atom stereocenters. The third-order valence-corrected chi connectivity index (χ3v) is 4.15. The van der Waals surface area contributed by atoms with Crippen LogP contribution in [-0.4, -0.2) is 25.2 Å². The fraction of sp³-hybridized carbons (Fsp3) is 0.562. The summed E-state index contributed by atoms with van der Waals surface area (Å²) in [6, 6.07) is 7.86. The highest BCUT2D eigenvalue weighted by Gasteiger charge is 2.20. The summed E-state index contributed by atoms with van der Waals surface area (Å²) in [6.07, 6.45) is 7.11. The molecular formula is C16H21NO2. The van der Waals surface area contributed by atoms with Gasteiger partial charge in [0.1, 0.15) is 6.10 Å². The van der Waals surface area contributed by atoms with Gasteiger partial charge in [-0.3, -0.25) is 0 Å². The number of benzene rings is 1. The van der Waals surface area contributed by atoms with E-state index in [1.54, 1.807) is 0 Å². The molecule has 1 aliphatic heterocycles. The lowest BCUT2D eigenvalue weighted by Crippen LogP contribution is -2.18. The number of ether oxygens (including phenoxy) is 1. The number of hydrogen-bond acceptors (Lipinski definition) is 3. The number of anilines is 1. The minimum atomic E-state index is -0.167. The molecule has 0 aromatic heterocycles. The average molecular weight is 259 g/mol.